The Morgan fingerprint density at radius 3 is 2.50 bits per heavy atom. The van der Waals surface area contributed by atoms with Gasteiger partial charge in [-0.2, -0.15) is 0 Å². The van der Waals surface area contributed by atoms with Crippen molar-refractivity contribution in [3.63, 3.8) is 0 Å². The molecule has 0 saturated heterocycles. The van der Waals surface area contributed by atoms with Gasteiger partial charge in [0.25, 0.3) is 5.69 Å². The number of rotatable bonds is 8. The Kier molecular flexibility index (Phi) is 7.76. The molecule has 0 fully saturated rings. The van der Waals surface area contributed by atoms with Crippen molar-refractivity contribution in [1.29, 1.82) is 0 Å². The third-order valence-corrected chi connectivity index (χ3v) is 3.12. The first-order valence-electron chi connectivity index (χ1n) is 6.35. The van der Waals surface area contributed by atoms with Crippen molar-refractivity contribution in [2.24, 2.45) is 0 Å². The zero-order valence-electron chi connectivity index (χ0n) is 11.9. The molecule has 0 saturated carbocycles. The van der Waals surface area contributed by atoms with E-state index in [1.165, 1.54) is 36.0 Å². The second-order valence-electron chi connectivity index (χ2n) is 3.81. The van der Waals surface area contributed by atoms with Crippen molar-refractivity contribution >= 4 is 29.6 Å². The summed E-state index contributed by atoms with van der Waals surface area (Å²) in [5, 5.41) is 10.5. The number of hydrogen-bond donors (Lipinski definition) is 0. The fourth-order valence-electron chi connectivity index (χ4n) is 1.30. The number of nitrogens with zero attached hydrogens (tertiary/aromatic N) is 1. The van der Waals surface area contributed by atoms with E-state index < -0.39 is 11.1 Å². The van der Waals surface area contributed by atoms with Gasteiger partial charge in [0, 0.05) is 17.9 Å². The van der Waals surface area contributed by atoms with Crippen LogP contribution in [0, 0.1) is 10.1 Å². The minimum absolute atomic E-state index is 0.0793. The molecule has 120 valence electrons. The molecule has 0 N–H and O–H groups in total. The molecule has 0 aliphatic carbocycles. The van der Waals surface area contributed by atoms with Crippen LogP contribution < -0.4 is 4.74 Å². The molecule has 0 spiro atoms. The second-order valence-corrected chi connectivity index (χ2v) is 4.91. The molecule has 0 aliphatic heterocycles. The van der Waals surface area contributed by atoms with E-state index in [9.17, 15) is 19.7 Å². The van der Waals surface area contributed by atoms with Crippen LogP contribution in [-0.2, 0) is 14.3 Å². The number of nitro benzene ring substituents is 1. The van der Waals surface area contributed by atoms with Gasteiger partial charge in [0.05, 0.1) is 17.3 Å². The van der Waals surface area contributed by atoms with Gasteiger partial charge in [0.1, 0.15) is 12.4 Å². The van der Waals surface area contributed by atoms with Crippen molar-refractivity contribution in [2.75, 3.05) is 24.7 Å². The summed E-state index contributed by atoms with van der Waals surface area (Å²) in [5.74, 6) is 0.443. The molecular weight excluding hydrogens is 314 g/mol. The topological polar surface area (TPSA) is 105 Å². The lowest BCUT2D eigenvalue weighted by molar-refractivity contribution is -0.384. The van der Waals surface area contributed by atoms with Crippen LogP contribution in [0.2, 0.25) is 0 Å². The highest BCUT2D eigenvalue weighted by Crippen LogP contribution is 2.17. The molecule has 22 heavy (non-hydrogen) atoms. The van der Waals surface area contributed by atoms with E-state index in [4.69, 9.17) is 14.2 Å². The Balaban J connectivity index is 2.20. The Bertz CT molecular complexity index is 518. The van der Waals surface area contributed by atoms with Crippen molar-refractivity contribution in [1.82, 2.24) is 0 Å². The SMILES string of the molecule is CCOC(=O)CSCCOC(=O)Oc1ccc([N+](=O)[O-])cc1. The molecule has 0 bridgehead atoms. The molecule has 0 amide bonds. The summed E-state index contributed by atoms with van der Waals surface area (Å²) in [6.07, 6.45) is -0.911. The highest BCUT2D eigenvalue weighted by atomic mass is 32.2. The normalized spacial score (nSPS) is 9.86. The van der Waals surface area contributed by atoms with Gasteiger partial charge in [-0.25, -0.2) is 4.79 Å². The Morgan fingerprint density at radius 1 is 1.23 bits per heavy atom. The van der Waals surface area contributed by atoms with Crippen molar-refractivity contribution < 1.29 is 28.7 Å². The van der Waals surface area contributed by atoms with Crippen LogP contribution in [-0.4, -0.2) is 41.8 Å². The number of benzene rings is 1. The number of esters is 1. The van der Waals surface area contributed by atoms with E-state index in [2.05, 4.69) is 0 Å². The molecule has 1 aromatic carbocycles. The Labute approximate surface area is 130 Å². The van der Waals surface area contributed by atoms with E-state index in [1.807, 2.05) is 0 Å². The van der Waals surface area contributed by atoms with Crippen LogP contribution in [0.5, 0.6) is 5.75 Å². The molecule has 0 heterocycles. The van der Waals surface area contributed by atoms with E-state index in [0.29, 0.717) is 12.4 Å². The first-order chi connectivity index (χ1) is 10.5. The summed E-state index contributed by atoms with van der Waals surface area (Å²) in [7, 11) is 0. The first-order valence-corrected chi connectivity index (χ1v) is 7.50. The molecule has 0 unspecified atom stereocenters. The van der Waals surface area contributed by atoms with Crippen LogP contribution in [0.3, 0.4) is 0 Å². The van der Waals surface area contributed by atoms with Gasteiger partial charge in [-0.1, -0.05) is 0 Å². The predicted octanol–water partition coefficient (Wildman–Crippen LogP) is 2.41. The number of hydrogen-bond acceptors (Lipinski definition) is 8. The van der Waals surface area contributed by atoms with Crippen LogP contribution >= 0.6 is 11.8 Å². The third kappa shape index (κ3) is 6.93. The zero-order valence-corrected chi connectivity index (χ0v) is 12.7. The molecule has 0 radical (unpaired) electrons. The number of non-ortho nitro benzene ring substituents is 1. The van der Waals surface area contributed by atoms with E-state index in [0.717, 1.165) is 0 Å². The van der Waals surface area contributed by atoms with Gasteiger partial charge in [0.15, 0.2) is 0 Å². The molecule has 0 atom stereocenters. The van der Waals surface area contributed by atoms with Gasteiger partial charge in [-0.3, -0.25) is 14.9 Å². The van der Waals surface area contributed by atoms with Gasteiger partial charge in [0.2, 0.25) is 0 Å². The zero-order chi connectivity index (χ0) is 16.4. The van der Waals surface area contributed by atoms with E-state index >= 15 is 0 Å². The lowest BCUT2D eigenvalue weighted by atomic mass is 10.3. The molecule has 1 aromatic rings. The van der Waals surface area contributed by atoms with Crippen molar-refractivity contribution in [3.8, 4) is 5.75 Å². The minimum atomic E-state index is -0.911. The molecular formula is C13H15NO7S. The quantitative estimate of drug-likeness (QED) is 0.235. The summed E-state index contributed by atoms with van der Waals surface area (Å²) in [5.41, 5.74) is -0.101. The summed E-state index contributed by atoms with van der Waals surface area (Å²) >= 11 is 1.27. The molecule has 9 heteroatoms. The molecule has 0 aromatic heterocycles. The van der Waals surface area contributed by atoms with Gasteiger partial charge < -0.3 is 14.2 Å². The number of thioether (sulfide) groups is 1. The van der Waals surface area contributed by atoms with Crippen LogP contribution in [0.15, 0.2) is 24.3 Å². The summed E-state index contributed by atoms with van der Waals surface area (Å²) in [6, 6.07) is 5.04. The maximum Gasteiger partial charge on any atom is 0.513 e. The van der Waals surface area contributed by atoms with Gasteiger partial charge >= 0.3 is 12.1 Å². The lowest BCUT2D eigenvalue weighted by Gasteiger charge is -2.05. The highest BCUT2D eigenvalue weighted by molar-refractivity contribution is 7.99. The number of ether oxygens (including phenoxy) is 3. The van der Waals surface area contributed by atoms with Crippen molar-refractivity contribution in [3.05, 3.63) is 34.4 Å². The van der Waals surface area contributed by atoms with Gasteiger partial charge in [-0.05, 0) is 19.1 Å². The van der Waals surface area contributed by atoms with Crippen molar-refractivity contribution in [2.45, 2.75) is 6.92 Å². The molecule has 0 aliphatic rings. The number of carbonyl (C=O) groups is 2. The van der Waals surface area contributed by atoms with Crippen LogP contribution in [0.1, 0.15) is 6.92 Å². The fourth-order valence-corrected chi connectivity index (χ4v) is 1.90. The lowest BCUT2D eigenvalue weighted by Crippen LogP contribution is -2.13. The van der Waals surface area contributed by atoms with E-state index in [1.54, 1.807) is 6.92 Å². The maximum atomic E-state index is 11.4. The van der Waals surface area contributed by atoms with Gasteiger partial charge in [-0.15, -0.1) is 11.8 Å². The Hall–Kier alpha value is -2.29. The second kappa shape index (κ2) is 9.61. The van der Waals surface area contributed by atoms with Crippen LogP contribution in [0.4, 0.5) is 10.5 Å². The van der Waals surface area contributed by atoms with Crippen LogP contribution in [0.25, 0.3) is 0 Å². The summed E-state index contributed by atoms with van der Waals surface area (Å²) in [4.78, 5) is 32.3. The molecule has 8 nitrogen and oxygen atoms in total. The Morgan fingerprint density at radius 2 is 1.91 bits per heavy atom. The summed E-state index contributed by atoms with van der Waals surface area (Å²) < 4.78 is 14.4. The smallest absolute Gasteiger partial charge is 0.465 e. The highest BCUT2D eigenvalue weighted by Gasteiger charge is 2.09. The average Bonchev–Trinajstić information content (AvgIpc) is 2.47. The third-order valence-electron chi connectivity index (χ3n) is 2.22. The van der Waals surface area contributed by atoms with E-state index in [-0.39, 0.29) is 29.8 Å². The predicted molar refractivity (Wildman–Crippen MR) is 79.0 cm³/mol. The number of carbonyl (C=O) groups excluding carboxylic acids is 2. The average molecular weight is 329 g/mol. The fraction of sp³-hybridized carbons (Fsp3) is 0.385. The number of nitro groups is 1. The standard InChI is InChI=1S/C13H15NO7S/c1-2-19-12(15)9-22-8-7-20-13(16)21-11-5-3-10(4-6-11)14(17)18/h3-6H,2,7-9H2,1H3. The maximum absolute atomic E-state index is 11.4. The summed E-state index contributed by atoms with van der Waals surface area (Å²) in [6.45, 7) is 2.13. The largest absolute Gasteiger partial charge is 0.513 e. The molecule has 1 rings (SSSR count). The minimum Gasteiger partial charge on any atom is -0.465 e. The first kappa shape index (κ1) is 17.8. The monoisotopic (exact) mass is 329 g/mol.